The lowest BCUT2D eigenvalue weighted by Crippen LogP contribution is -2.21. The molecule has 2 atom stereocenters. The molecule has 3 rings (SSSR count). The van der Waals surface area contributed by atoms with Gasteiger partial charge in [-0.25, -0.2) is 9.97 Å². The summed E-state index contributed by atoms with van der Waals surface area (Å²) in [6, 6.07) is 3.87. The Bertz CT molecular complexity index is 660. The fraction of sp³-hybridized carbons (Fsp3) is 0.286. The summed E-state index contributed by atoms with van der Waals surface area (Å²) in [5, 5.41) is 10.1. The van der Waals surface area contributed by atoms with E-state index < -0.39 is 6.10 Å². The van der Waals surface area contributed by atoms with Gasteiger partial charge in [0.05, 0.1) is 18.2 Å². The van der Waals surface area contributed by atoms with Crippen LogP contribution in [0.25, 0.3) is 0 Å². The number of aliphatic hydroxyl groups is 1. The summed E-state index contributed by atoms with van der Waals surface area (Å²) in [5.41, 5.74) is 2.46. The third-order valence-corrected chi connectivity index (χ3v) is 3.72. The highest BCUT2D eigenvalue weighted by Gasteiger charge is 2.17. The third kappa shape index (κ3) is 2.67. The van der Waals surface area contributed by atoms with Crippen LogP contribution in [0.5, 0.6) is 0 Å². The molecule has 0 bridgehead atoms. The number of anilines is 1. The number of aromatic nitrogens is 3. The van der Waals surface area contributed by atoms with E-state index in [-0.39, 0.29) is 0 Å². The first-order chi connectivity index (χ1) is 9.74. The monoisotopic (exact) mass is 286 g/mol. The number of nitrogens with zero attached hydrogens (tertiary/aromatic N) is 3. The number of pyridine rings is 1. The lowest BCUT2D eigenvalue weighted by atomic mass is 10.1. The summed E-state index contributed by atoms with van der Waals surface area (Å²) in [7, 11) is 2.67. The number of imidazole rings is 1. The molecule has 0 amide bonds. The van der Waals surface area contributed by atoms with Crippen molar-refractivity contribution in [2.75, 3.05) is 11.2 Å². The summed E-state index contributed by atoms with van der Waals surface area (Å²) < 4.78 is 2.04. The van der Waals surface area contributed by atoms with E-state index in [0.717, 1.165) is 25.2 Å². The number of hydrogen-bond donors (Lipinski definition) is 2. The number of fused-ring (bicyclic) bond motifs is 1. The maximum atomic E-state index is 10.1. The molecule has 2 aromatic rings. The Morgan fingerprint density at radius 2 is 2.35 bits per heavy atom. The molecule has 6 heteroatoms. The highest BCUT2D eigenvalue weighted by Crippen LogP contribution is 2.28. The van der Waals surface area contributed by atoms with Crippen molar-refractivity contribution in [3.8, 4) is 11.8 Å². The molecule has 2 unspecified atom stereocenters. The van der Waals surface area contributed by atoms with Gasteiger partial charge in [-0.2, -0.15) is 0 Å². The lowest BCUT2D eigenvalue weighted by Gasteiger charge is -2.26. The van der Waals surface area contributed by atoms with E-state index in [0.29, 0.717) is 11.4 Å². The molecule has 102 valence electrons. The van der Waals surface area contributed by atoms with Gasteiger partial charge >= 0.3 is 0 Å². The van der Waals surface area contributed by atoms with Crippen molar-refractivity contribution in [2.45, 2.75) is 18.9 Å². The summed E-state index contributed by atoms with van der Waals surface area (Å²) in [4.78, 5) is 11.3. The van der Waals surface area contributed by atoms with E-state index in [2.05, 4.69) is 36.2 Å². The quantitative estimate of drug-likeness (QED) is 0.615. The summed E-state index contributed by atoms with van der Waals surface area (Å²) in [6.07, 6.45) is 4.43. The van der Waals surface area contributed by atoms with Crippen LogP contribution in [-0.4, -0.2) is 26.6 Å². The van der Waals surface area contributed by atoms with Crippen molar-refractivity contribution in [3.63, 3.8) is 0 Å². The standard InChI is InChI=1S/C14H15N4OP/c19-13(6-4-11-8-15-9-16-11)12-5-3-10-2-1-7-18(20)14(10)17-12/h3,5,8-9,13,19H,1-2,7,20H2,(H,15,16). The number of hydrogen-bond acceptors (Lipinski definition) is 4. The highest BCUT2D eigenvalue weighted by molar-refractivity contribution is 7.19. The van der Waals surface area contributed by atoms with Crippen LogP contribution in [0.1, 0.15) is 29.5 Å². The Kier molecular flexibility index (Phi) is 3.68. The van der Waals surface area contributed by atoms with Gasteiger partial charge in [-0.05, 0) is 39.8 Å². The van der Waals surface area contributed by atoms with Gasteiger partial charge in [-0.1, -0.05) is 12.0 Å². The first kappa shape index (κ1) is 13.1. The molecular weight excluding hydrogens is 271 g/mol. The zero-order valence-corrected chi connectivity index (χ0v) is 12.0. The number of aliphatic hydroxyl groups excluding tert-OH is 1. The van der Waals surface area contributed by atoms with Crippen molar-refractivity contribution in [2.24, 2.45) is 0 Å². The molecule has 2 aromatic heterocycles. The molecule has 5 nitrogen and oxygen atoms in total. The van der Waals surface area contributed by atoms with Crippen LogP contribution in [0.15, 0.2) is 24.7 Å². The highest BCUT2D eigenvalue weighted by atomic mass is 31.0. The van der Waals surface area contributed by atoms with Gasteiger partial charge in [0.15, 0.2) is 6.10 Å². The van der Waals surface area contributed by atoms with E-state index in [4.69, 9.17) is 0 Å². The van der Waals surface area contributed by atoms with Crippen LogP contribution in [0.4, 0.5) is 5.82 Å². The maximum Gasteiger partial charge on any atom is 0.157 e. The van der Waals surface area contributed by atoms with Gasteiger partial charge in [0, 0.05) is 6.54 Å². The average molecular weight is 286 g/mol. The Labute approximate surface area is 119 Å². The van der Waals surface area contributed by atoms with Crippen LogP contribution in [0.2, 0.25) is 0 Å². The molecule has 0 radical (unpaired) electrons. The molecule has 3 heterocycles. The predicted octanol–water partition coefficient (Wildman–Crippen LogP) is 1.43. The van der Waals surface area contributed by atoms with Gasteiger partial charge in [0.25, 0.3) is 0 Å². The molecule has 0 spiro atoms. The number of nitrogens with one attached hydrogen (secondary N) is 1. The van der Waals surface area contributed by atoms with Crippen molar-refractivity contribution < 1.29 is 5.11 Å². The van der Waals surface area contributed by atoms with E-state index >= 15 is 0 Å². The molecule has 0 aliphatic carbocycles. The fourth-order valence-corrected chi connectivity index (χ4v) is 2.58. The smallest absolute Gasteiger partial charge is 0.157 e. The number of aryl methyl sites for hydroxylation is 1. The Balaban J connectivity index is 1.85. The molecule has 1 aliphatic heterocycles. The van der Waals surface area contributed by atoms with E-state index in [1.807, 2.05) is 16.8 Å². The van der Waals surface area contributed by atoms with Gasteiger partial charge in [-0.3, -0.25) is 0 Å². The van der Waals surface area contributed by atoms with Crippen molar-refractivity contribution in [3.05, 3.63) is 41.6 Å². The summed E-state index contributed by atoms with van der Waals surface area (Å²) in [5.74, 6) is 6.52. The van der Waals surface area contributed by atoms with Crippen molar-refractivity contribution in [1.82, 2.24) is 15.0 Å². The minimum Gasteiger partial charge on any atom is -0.374 e. The van der Waals surface area contributed by atoms with E-state index in [1.165, 1.54) is 5.56 Å². The first-order valence-electron chi connectivity index (χ1n) is 6.44. The molecule has 1 aliphatic rings. The van der Waals surface area contributed by atoms with Crippen LogP contribution < -0.4 is 4.67 Å². The molecular formula is C14H15N4OP. The van der Waals surface area contributed by atoms with Gasteiger partial charge in [0.1, 0.15) is 11.5 Å². The second-order valence-corrected chi connectivity index (χ2v) is 5.28. The molecule has 2 N–H and O–H groups in total. The lowest BCUT2D eigenvalue weighted by molar-refractivity contribution is 0.233. The summed E-state index contributed by atoms with van der Waals surface area (Å²) >= 11 is 0. The fourth-order valence-electron chi connectivity index (χ4n) is 2.18. The number of aromatic amines is 1. The Hall–Kier alpha value is -1.89. The SMILES string of the molecule is OC(C#Cc1cnc[nH]1)c1ccc2c(n1)N(P)CCC2. The van der Waals surface area contributed by atoms with Crippen LogP contribution >= 0.6 is 9.39 Å². The minimum atomic E-state index is -0.899. The van der Waals surface area contributed by atoms with E-state index in [9.17, 15) is 5.11 Å². The maximum absolute atomic E-state index is 10.1. The average Bonchev–Trinajstić information content (AvgIpc) is 2.98. The Morgan fingerprint density at radius 3 is 3.15 bits per heavy atom. The first-order valence-corrected chi connectivity index (χ1v) is 6.96. The van der Waals surface area contributed by atoms with E-state index in [1.54, 1.807) is 12.5 Å². The van der Waals surface area contributed by atoms with Crippen LogP contribution in [-0.2, 0) is 6.42 Å². The third-order valence-electron chi connectivity index (χ3n) is 3.22. The van der Waals surface area contributed by atoms with Gasteiger partial charge in [0.2, 0.25) is 0 Å². The van der Waals surface area contributed by atoms with Gasteiger partial charge in [-0.15, -0.1) is 0 Å². The molecule has 20 heavy (non-hydrogen) atoms. The van der Waals surface area contributed by atoms with Gasteiger partial charge < -0.3 is 14.8 Å². The largest absolute Gasteiger partial charge is 0.374 e. The number of H-pyrrole nitrogens is 1. The number of rotatable bonds is 1. The summed E-state index contributed by atoms with van der Waals surface area (Å²) in [6.45, 7) is 0.962. The minimum absolute atomic E-state index is 0.574. The zero-order valence-electron chi connectivity index (χ0n) is 10.9. The Morgan fingerprint density at radius 1 is 1.45 bits per heavy atom. The zero-order chi connectivity index (χ0) is 13.9. The molecule has 0 fully saturated rings. The second kappa shape index (κ2) is 5.62. The molecule has 0 saturated heterocycles. The second-order valence-electron chi connectivity index (χ2n) is 4.65. The van der Waals surface area contributed by atoms with Crippen molar-refractivity contribution in [1.29, 1.82) is 0 Å². The van der Waals surface area contributed by atoms with Crippen LogP contribution in [0.3, 0.4) is 0 Å². The molecule has 0 aromatic carbocycles. The van der Waals surface area contributed by atoms with Crippen LogP contribution in [0, 0.1) is 11.8 Å². The topological polar surface area (TPSA) is 65.0 Å². The van der Waals surface area contributed by atoms with Crippen molar-refractivity contribution >= 4 is 15.2 Å². The normalized spacial score (nSPS) is 15.2. The molecule has 0 saturated carbocycles. The predicted molar refractivity (Wildman–Crippen MR) is 80.0 cm³/mol.